The van der Waals surface area contributed by atoms with E-state index in [1.165, 1.54) is 38.9 Å². The Morgan fingerprint density at radius 1 is 1.11 bits per heavy atom. The first-order chi connectivity index (χ1) is 12.3. The van der Waals surface area contributed by atoms with E-state index in [9.17, 15) is 4.79 Å². The fraction of sp³-hybridized carbons (Fsp3) is 0.789. The number of carbonyl (C=O) groups excluding carboxylic acids is 1. The number of amides is 1. The molecule has 1 atom stereocenters. The number of carbonyl (C=O) groups is 1. The first kappa shape index (κ1) is 22.5. The summed E-state index contributed by atoms with van der Waals surface area (Å²) < 4.78 is 1.92. The van der Waals surface area contributed by atoms with E-state index in [0.717, 1.165) is 45.4 Å². The van der Waals surface area contributed by atoms with Gasteiger partial charge >= 0.3 is 0 Å². The molecule has 27 heavy (non-hydrogen) atoms. The van der Waals surface area contributed by atoms with Gasteiger partial charge in [0.2, 0.25) is 0 Å². The van der Waals surface area contributed by atoms with Crippen LogP contribution >= 0.6 is 24.8 Å². The Morgan fingerprint density at radius 2 is 1.85 bits per heavy atom. The van der Waals surface area contributed by atoms with E-state index in [2.05, 4.69) is 20.2 Å². The van der Waals surface area contributed by atoms with E-state index in [-0.39, 0.29) is 24.8 Å². The third kappa shape index (κ3) is 4.78. The first-order valence-corrected chi connectivity index (χ1v) is 10.0. The molecule has 4 heterocycles. The molecule has 1 aromatic rings. The minimum Gasteiger partial charge on any atom is -0.340 e. The highest BCUT2D eigenvalue weighted by atomic mass is 35.5. The van der Waals surface area contributed by atoms with E-state index in [0.29, 0.717) is 11.8 Å². The average molecular weight is 418 g/mol. The molecule has 0 saturated carbocycles. The molecule has 1 amide bonds. The van der Waals surface area contributed by atoms with Gasteiger partial charge in [-0.25, -0.2) is 0 Å². The van der Waals surface area contributed by atoms with E-state index >= 15 is 0 Å². The molecule has 4 rings (SSSR count). The number of hydrogen-bond acceptors (Lipinski definition) is 4. The van der Waals surface area contributed by atoms with Crippen molar-refractivity contribution in [2.24, 2.45) is 5.92 Å². The van der Waals surface area contributed by atoms with Crippen LogP contribution in [0.3, 0.4) is 0 Å². The van der Waals surface area contributed by atoms with Gasteiger partial charge < -0.3 is 15.1 Å². The van der Waals surface area contributed by atoms with Crippen molar-refractivity contribution < 1.29 is 4.79 Å². The lowest BCUT2D eigenvalue weighted by Gasteiger charge is -2.39. The monoisotopic (exact) mass is 417 g/mol. The SMILES string of the molecule is Cl.Cl.O=C(N1CCC(CN2CCCCC2)C1)C1(n2cccn2)CCNCC1. The highest BCUT2D eigenvalue weighted by molar-refractivity contribution is 5.86. The standard InChI is InChI=1S/C19H31N5O.2ClH/c25-18(19(6-9-20-10-7-19)24-13-4-8-21-24)23-14-5-17(16-23)15-22-11-2-1-3-12-22;;/h4,8,13,17,20H,1-3,5-7,9-12,14-16H2;2*1H. The molecule has 6 nitrogen and oxygen atoms in total. The van der Waals surface area contributed by atoms with Gasteiger partial charge in [0.25, 0.3) is 5.91 Å². The number of piperidine rings is 2. The van der Waals surface area contributed by atoms with Crippen molar-refractivity contribution in [3.05, 3.63) is 18.5 Å². The molecule has 3 aliphatic rings. The van der Waals surface area contributed by atoms with Gasteiger partial charge in [0, 0.05) is 32.0 Å². The summed E-state index contributed by atoms with van der Waals surface area (Å²) in [6.07, 6.45) is 10.6. The minimum absolute atomic E-state index is 0. The van der Waals surface area contributed by atoms with Gasteiger partial charge in [-0.1, -0.05) is 6.42 Å². The van der Waals surface area contributed by atoms with Crippen LogP contribution in [0.15, 0.2) is 18.5 Å². The van der Waals surface area contributed by atoms with Crippen LogP contribution in [-0.4, -0.2) is 71.3 Å². The summed E-state index contributed by atoms with van der Waals surface area (Å²) in [5.74, 6) is 0.928. The van der Waals surface area contributed by atoms with Crippen LogP contribution in [0.4, 0.5) is 0 Å². The molecule has 0 bridgehead atoms. The minimum atomic E-state index is -0.477. The van der Waals surface area contributed by atoms with Crippen LogP contribution in [-0.2, 0) is 10.3 Å². The average Bonchev–Trinajstić information content (AvgIpc) is 3.35. The largest absolute Gasteiger partial charge is 0.340 e. The molecule has 0 spiro atoms. The lowest BCUT2D eigenvalue weighted by atomic mass is 9.87. The Bertz CT molecular complexity index is 571. The van der Waals surface area contributed by atoms with Crippen molar-refractivity contribution in [1.82, 2.24) is 24.9 Å². The van der Waals surface area contributed by atoms with Crippen molar-refractivity contribution in [2.45, 2.75) is 44.1 Å². The van der Waals surface area contributed by atoms with E-state index in [4.69, 9.17) is 0 Å². The summed E-state index contributed by atoms with van der Waals surface area (Å²) in [6, 6.07) is 1.93. The fourth-order valence-corrected chi connectivity index (χ4v) is 4.87. The van der Waals surface area contributed by atoms with Gasteiger partial charge in [-0.15, -0.1) is 24.8 Å². The van der Waals surface area contributed by atoms with Crippen LogP contribution in [0.1, 0.15) is 38.5 Å². The second-order valence-corrected chi connectivity index (χ2v) is 8.00. The van der Waals surface area contributed by atoms with Crippen LogP contribution in [0.25, 0.3) is 0 Å². The second kappa shape index (κ2) is 10.1. The third-order valence-electron chi connectivity index (χ3n) is 6.31. The van der Waals surface area contributed by atoms with Gasteiger partial charge in [-0.05, 0) is 70.3 Å². The summed E-state index contributed by atoms with van der Waals surface area (Å²) in [5.41, 5.74) is -0.477. The molecule has 3 fully saturated rings. The molecular weight excluding hydrogens is 385 g/mol. The molecule has 1 unspecified atom stereocenters. The summed E-state index contributed by atoms with van der Waals surface area (Å²) in [5, 5.41) is 7.84. The summed E-state index contributed by atoms with van der Waals surface area (Å²) in [7, 11) is 0. The zero-order chi connectivity index (χ0) is 17.1. The lowest BCUT2D eigenvalue weighted by Crippen LogP contribution is -2.55. The molecule has 0 aliphatic carbocycles. The van der Waals surface area contributed by atoms with Gasteiger partial charge in [-0.2, -0.15) is 5.10 Å². The molecule has 0 aromatic carbocycles. The Morgan fingerprint density at radius 3 is 2.52 bits per heavy atom. The van der Waals surface area contributed by atoms with E-state index in [1.807, 2.05) is 16.9 Å². The maximum absolute atomic E-state index is 13.5. The molecule has 3 saturated heterocycles. The highest BCUT2D eigenvalue weighted by Gasteiger charge is 2.45. The smallest absolute Gasteiger partial charge is 0.250 e. The molecule has 3 aliphatic heterocycles. The van der Waals surface area contributed by atoms with Gasteiger partial charge in [0.15, 0.2) is 0 Å². The highest BCUT2D eigenvalue weighted by Crippen LogP contribution is 2.32. The fourth-order valence-electron chi connectivity index (χ4n) is 4.87. The normalized spacial score (nSPS) is 25.5. The number of rotatable bonds is 4. The molecule has 154 valence electrons. The van der Waals surface area contributed by atoms with Crippen molar-refractivity contribution in [3.8, 4) is 0 Å². The third-order valence-corrected chi connectivity index (χ3v) is 6.31. The predicted molar refractivity (Wildman–Crippen MR) is 112 cm³/mol. The topological polar surface area (TPSA) is 53.4 Å². The van der Waals surface area contributed by atoms with Crippen LogP contribution in [0.5, 0.6) is 0 Å². The van der Waals surface area contributed by atoms with E-state index in [1.54, 1.807) is 6.20 Å². The number of nitrogens with zero attached hydrogens (tertiary/aromatic N) is 4. The Balaban J connectivity index is 0.00000131. The van der Waals surface area contributed by atoms with Crippen LogP contribution < -0.4 is 5.32 Å². The second-order valence-electron chi connectivity index (χ2n) is 8.00. The number of nitrogens with one attached hydrogen (secondary N) is 1. The molecule has 8 heteroatoms. The van der Waals surface area contributed by atoms with Crippen molar-refractivity contribution in [3.63, 3.8) is 0 Å². The lowest BCUT2D eigenvalue weighted by molar-refractivity contribution is -0.142. The molecule has 1 N–H and O–H groups in total. The Kier molecular flexibility index (Phi) is 8.40. The predicted octanol–water partition coefficient (Wildman–Crippen LogP) is 2.14. The van der Waals surface area contributed by atoms with Crippen LogP contribution in [0.2, 0.25) is 0 Å². The van der Waals surface area contributed by atoms with Gasteiger partial charge in [-0.3, -0.25) is 9.48 Å². The maximum atomic E-state index is 13.5. The molecular formula is C19H33Cl2N5O. The Hall–Kier alpha value is -0.820. The van der Waals surface area contributed by atoms with Crippen molar-refractivity contribution in [2.75, 3.05) is 45.8 Å². The number of aromatic nitrogens is 2. The molecule has 0 radical (unpaired) electrons. The molecule has 1 aromatic heterocycles. The van der Waals surface area contributed by atoms with Crippen molar-refractivity contribution in [1.29, 1.82) is 0 Å². The maximum Gasteiger partial charge on any atom is 0.250 e. The summed E-state index contributed by atoms with van der Waals surface area (Å²) >= 11 is 0. The zero-order valence-electron chi connectivity index (χ0n) is 16.0. The van der Waals surface area contributed by atoms with Gasteiger partial charge in [0.1, 0.15) is 5.54 Å². The first-order valence-electron chi connectivity index (χ1n) is 10.0. The van der Waals surface area contributed by atoms with Gasteiger partial charge in [0.05, 0.1) is 0 Å². The summed E-state index contributed by atoms with van der Waals surface area (Å²) in [6.45, 7) is 7.26. The summed E-state index contributed by atoms with van der Waals surface area (Å²) in [4.78, 5) is 18.2. The number of halogens is 2. The zero-order valence-corrected chi connectivity index (χ0v) is 17.6. The quantitative estimate of drug-likeness (QED) is 0.814. The number of likely N-dealkylation sites (tertiary alicyclic amines) is 2. The Labute approximate surface area is 174 Å². The van der Waals surface area contributed by atoms with Crippen LogP contribution in [0, 0.1) is 5.92 Å². The van der Waals surface area contributed by atoms with E-state index < -0.39 is 5.54 Å². The van der Waals surface area contributed by atoms with Crippen molar-refractivity contribution >= 4 is 30.7 Å². The number of hydrogen-bond donors (Lipinski definition) is 1.